The Balaban J connectivity index is 1.61. The van der Waals surface area contributed by atoms with Gasteiger partial charge in [-0.3, -0.25) is 9.48 Å². The standard InChI is InChI=1S/C24H31N5O/c1-17-22(18(2)28(3)27-17)24-23(19-10-6-4-7-11-19)25-16-29(24)15-14-21(30)26-20-12-8-5-9-13-20/h4,6-7,10-11,16,20H,5,8-9,12-15H2,1-3H3,(H,26,30). The molecule has 0 atom stereocenters. The van der Waals surface area contributed by atoms with Crippen molar-refractivity contribution in [3.8, 4) is 22.5 Å². The Morgan fingerprint density at radius 1 is 1.13 bits per heavy atom. The fourth-order valence-corrected chi connectivity index (χ4v) is 4.51. The molecule has 1 N–H and O–H groups in total. The zero-order valence-corrected chi connectivity index (χ0v) is 18.2. The highest BCUT2D eigenvalue weighted by molar-refractivity contribution is 5.81. The van der Waals surface area contributed by atoms with Crippen LogP contribution in [0.25, 0.3) is 22.5 Å². The zero-order chi connectivity index (χ0) is 21.1. The van der Waals surface area contributed by atoms with Crippen molar-refractivity contribution in [2.24, 2.45) is 7.05 Å². The number of aromatic nitrogens is 4. The quantitative estimate of drug-likeness (QED) is 0.661. The van der Waals surface area contributed by atoms with Gasteiger partial charge in [0.2, 0.25) is 5.91 Å². The maximum atomic E-state index is 12.6. The normalized spacial score (nSPS) is 14.8. The molecule has 1 amide bonds. The monoisotopic (exact) mass is 405 g/mol. The van der Waals surface area contributed by atoms with Gasteiger partial charge in [-0.15, -0.1) is 0 Å². The van der Waals surface area contributed by atoms with Crippen LogP contribution in [0.5, 0.6) is 0 Å². The van der Waals surface area contributed by atoms with E-state index in [-0.39, 0.29) is 5.91 Å². The van der Waals surface area contributed by atoms with E-state index in [2.05, 4.69) is 34.0 Å². The molecule has 2 aromatic heterocycles. The van der Waals surface area contributed by atoms with Crippen LogP contribution in [0.4, 0.5) is 0 Å². The van der Waals surface area contributed by atoms with Gasteiger partial charge in [-0.05, 0) is 26.7 Å². The number of carbonyl (C=O) groups excluding carboxylic acids is 1. The first kappa shape index (κ1) is 20.4. The molecule has 4 rings (SSSR count). The van der Waals surface area contributed by atoms with Crippen LogP contribution in [-0.4, -0.2) is 31.3 Å². The lowest BCUT2D eigenvalue weighted by atomic mass is 9.95. The highest BCUT2D eigenvalue weighted by atomic mass is 16.1. The highest BCUT2D eigenvalue weighted by Crippen LogP contribution is 2.35. The molecule has 6 heteroatoms. The molecule has 1 fully saturated rings. The van der Waals surface area contributed by atoms with Gasteiger partial charge in [0.05, 0.1) is 23.4 Å². The molecular weight excluding hydrogens is 374 g/mol. The van der Waals surface area contributed by atoms with Crippen molar-refractivity contribution in [1.29, 1.82) is 0 Å². The summed E-state index contributed by atoms with van der Waals surface area (Å²) in [4.78, 5) is 17.3. The lowest BCUT2D eigenvalue weighted by molar-refractivity contribution is -0.122. The predicted molar refractivity (Wildman–Crippen MR) is 119 cm³/mol. The fourth-order valence-electron chi connectivity index (χ4n) is 4.51. The average molecular weight is 406 g/mol. The molecule has 0 radical (unpaired) electrons. The number of nitrogens with one attached hydrogen (secondary N) is 1. The molecule has 158 valence electrons. The van der Waals surface area contributed by atoms with E-state index in [9.17, 15) is 4.79 Å². The van der Waals surface area contributed by atoms with Crippen LogP contribution in [0, 0.1) is 13.8 Å². The average Bonchev–Trinajstić information content (AvgIpc) is 3.27. The van der Waals surface area contributed by atoms with Gasteiger partial charge in [-0.25, -0.2) is 4.98 Å². The Kier molecular flexibility index (Phi) is 6.02. The van der Waals surface area contributed by atoms with E-state index < -0.39 is 0 Å². The summed E-state index contributed by atoms with van der Waals surface area (Å²) >= 11 is 0. The number of carbonyl (C=O) groups is 1. The van der Waals surface area contributed by atoms with Crippen molar-refractivity contribution >= 4 is 5.91 Å². The molecule has 6 nitrogen and oxygen atoms in total. The lowest BCUT2D eigenvalue weighted by Crippen LogP contribution is -2.36. The molecule has 1 aromatic carbocycles. The third kappa shape index (κ3) is 4.18. The van der Waals surface area contributed by atoms with E-state index >= 15 is 0 Å². The summed E-state index contributed by atoms with van der Waals surface area (Å²) in [7, 11) is 1.96. The molecule has 30 heavy (non-hydrogen) atoms. The van der Waals surface area contributed by atoms with Crippen LogP contribution in [0.1, 0.15) is 49.9 Å². The zero-order valence-electron chi connectivity index (χ0n) is 18.2. The fraction of sp³-hybridized carbons (Fsp3) is 0.458. The first-order valence-electron chi connectivity index (χ1n) is 10.9. The minimum absolute atomic E-state index is 0.127. The minimum Gasteiger partial charge on any atom is -0.353 e. The van der Waals surface area contributed by atoms with Gasteiger partial charge in [0.15, 0.2) is 0 Å². The van der Waals surface area contributed by atoms with E-state index in [4.69, 9.17) is 4.98 Å². The first-order valence-corrected chi connectivity index (χ1v) is 10.9. The van der Waals surface area contributed by atoms with E-state index in [1.165, 1.54) is 19.3 Å². The van der Waals surface area contributed by atoms with Gasteiger partial charge >= 0.3 is 0 Å². The molecule has 1 aliphatic rings. The molecule has 0 unspecified atom stereocenters. The maximum absolute atomic E-state index is 12.6. The molecular formula is C24H31N5O. The Bertz CT molecular complexity index is 1010. The molecule has 3 aromatic rings. The SMILES string of the molecule is Cc1nn(C)c(C)c1-c1c(-c2ccccc2)ncn1CCC(=O)NC1CCCCC1. The number of imidazole rings is 1. The first-order chi connectivity index (χ1) is 14.5. The second kappa shape index (κ2) is 8.86. The van der Waals surface area contributed by atoms with Gasteiger partial charge < -0.3 is 9.88 Å². The Hall–Kier alpha value is -2.89. The summed E-state index contributed by atoms with van der Waals surface area (Å²) in [6, 6.07) is 10.6. The minimum atomic E-state index is 0.127. The number of amides is 1. The molecule has 0 spiro atoms. The summed E-state index contributed by atoms with van der Waals surface area (Å²) in [6.45, 7) is 4.71. The van der Waals surface area contributed by atoms with Crippen molar-refractivity contribution in [2.75, 3.05) is 0 Å². The summed E-state index contributed by atoms with van der Waals surface area (Å²) in [5, 5.41) is 7.84. The van der Waals surface area contributed by atoms with E-state index in [1.54, 1.807) is 0 Å². The number of hydrogen-bond acceptors (Lipinski definition) is 3. The number of nitrogens with zero attached hydrogens (tertiary/aromatic N) is 4. The predicted octanol–water partition coefficient (Wildman–Crippen LogP) is 4.41. The second-order valence-electron chi connectivity index (χ2n) is 8.32. The molecule has 0 bridgehead atoms. The molecule has 0 aliphatic heterocycles. The van der Waals surface area contributed by atoms with Gasteiger partial charge in [0.25, 0.3) is 0 Å². The van der Waals surface area contributed by atoms with Crippen molar-refractivity contribution in [1.82, 2.24) is 24.6 Å². The largest absolute Gasteiger partial charge is 0.353 e. The van der Waals surface area contributed by atoms with E-state index in [1.807, 2.05) is 43.2 Å². The van der Waals surface area contributed by atoms with Gasteiger partial charge in [0, 0.05) is 42.9 Å². The summed E-state index contributed by atoms with van der Waals surface area (Å²) in [5.41, 5.74) is 6.21. The Labute approximate surface area is 178 Å². The lowest BCUT2D eigenvalue weighted by Gasteiger charge is -2.22. The van der Waals surface area contributed by atoms with Crippen LogP contribution < -0.4 is 5.32 Å². The third-order valence-electron chi connectivity index (χ3n) is 6.18. The molecule has 0 saturated heterocycles. The van der Waals surface area contributed by atoms with Crippen LogP contribution in [0.2, 0.25) is 0 Å². The Morgan fingerprint density at radius 2 is 1.87 bits per heavy atom. The number of rotatable bonds is 6. The van der Waals surface area contributed by atoms with Gasteiger partial charge in [-0.2, -0.15) is 5.10 Å². The van der Waals surface area contributed by atoms with Crippen molar-refractivity contribution < 1.29 is 4.79 Å². The highest BCUT2D eigenvalue weighted by Gasteiger charge is 2.22. The molecule has 1 saturated carbocycles. The van der Waals surface area contributed by atoms with Crippen LogP contribution in [0.15, 0.2) is 36.7 Å². The summed E-state index contributed by atoms with van der Waals surface area (Å²) in [5.74, 6) is 0.127. The summed E-state index contributed by atoms with van der Waals surface area (Å²) < 4.78 is 4.02. The van der Waals surface area contributed by atoms with Crippen molar-refractivity contribution in [2.45, 2.75) is 65.0 Å². The topological polar surface area (TPSA) is 64.7 Å². The van der Waals surface area contributed by atoms with Gasteiger partial charge in [-0.1, -0.05) is 49.6 Å². The van der Waals surface area contributed by atoms with E-state index in [0.29, 0.717) is 19.0 Å². The second-order valence-corrected chi connectivity index (χ2v) is 8.32. The van der Waals surface area contributed by atoms with Crippen LogP contribution in [-0.2, 0) is 18.4 Å². The smallest absolute Gasteiger partial charge is 0.222 e. The van der Waals surface area contributed by atoms with Crippen LogP contribution in [0.3, 0.4) is 0 Å². The van der Waals surface area contributed by atoms with Gasteiger partial charge in [0.1, 0.15) is 0 Å². The van der Waals surface area contributed by atoms with Crippen molar-refractivity contribution in [3.63, 3.8) is 0 Å². The molecule has 2 heterocycles. The van der Waals surface area contributed by atoms with Crippen LogP contribution >= 0.6 is 0 Å². The van der Waals surface area contributed by atoms with E-state index in [0.717, 1.165) is 46.7 Å². The van der Waals surface area contributed by atoms with Crippen molar-refractivity contribution in [3.05, 3.63) is 48.0 Å². The number of benzene rings is 1. The maximum Gasteiger partial charge on any atom is 0.222 e. The Morgan fingerprint density at radius 3 is 2.53 bits per heavy atom. The summed E-state index contributed by atoms with van der Waals surface area (Å²) in [6.07, 6.45) is 8.25. The third-order valence-corrected chi connectivity index (χ3v) is 6.18. The molecule has 1 aliphatic carbocycles. The number of hydrogen-bond donors (Lipinski definition) is 1. The number of aryl methyl sites for hydroxylation is 3.